The summed E-state index contributed by atoms with van der Waals surface area (Å²) in [6.45, 7) is 13.5. The first-order valence-electron chi connectivity index (χ1n) is 13.2. The van der Waals surface area contributed by atoms with E-state index < -0.39 is 0 Å². The Hall–Kier alpha value is -3.33. The molecule has 0 spiro atoms. The van der Waals surface area contributed by atoms with E-state index in [0.717, 1.165) is 40.3 Å². The fourth-order valence-corrected chi connectivity index (χ4v) is 5.12. The van der Waals surface area contributed by atoms with Crippen LogP contribution in [0.1, 0.15) is 52.3 Å². The summed E-state index contributed by atoms with van der Waals surface area (Å²) in [6, 6.07) is 34.9. The average molecular weight is 690 g/mol. The molecule has 0 bridgehead atoms. The van der Waals surface area contributed by atoms with E-state index in [0.29, 0.717) is 0 Å². The average Bonchev–Trinajstić information content (AvgIpc) is 3.30. The number of hydrogen-bond donors (Lipinski definition) is 0. The van der Waals surface area contributed by atoms with Gasteiger partial charge < -0.3 is 9.55 Å². The normalized spacial score (nSPS) is 13.6. The van der Waals surface area contributed by atoms with Crippen LogP contribution in [0.5, 0.6) is 0 Å². The Kier molecular flexibility index (Phi) is 8.39. The number of rotatable bonds is 3. The monoisotopic (exact) mass is 690 g/mol. The second-order valence-corrected chi connectivity index (χ2v) is 11.7. The van der Waals surface area contributed by atoms with Crippen molar-refractivity contribution in [1.29, 1.82) is 0 Å². The van der Waals surface area contributed by atoms with E-state index >= 15 is 0 Å². The molecule has 1 radical (unpaired) electrons. The van der Waals surface area contributed by atoms with Gasteiger partial charge in [0.15, 0.2) is 0 Å². The summed E-state index contributed by atoms with van der Waals surface area (Å²) in [6.07, 6.45) is 3.44. The van der Waals surface area contributed by atoms with Gasteiger partial charge in [0.1, 0.15) is 0 Å². The van der Waals surface area contributed by atoms with Gasteiger partial charge in [-0.1, -0.05) is 51.1 Å². The molecule has 1 aliphatic rings. The molecule has 5 aromatic rings. The van der Waals surface area contributed by atoms with Gasteiger partial charge in [-0.15, -0.1) is 71.8 Å². The molecular weight excluding hydrogens is 655 g/mol. The maximum absolute atomic E-state index is 4.98. The fraction of sp³-hybridized carbons (Fsp3) is 0.257. The summed E-state index contributed by atoms with van der Waals surface area (Å²) in [5, 5.41) is 0. The third-order valence-corrected chi connectivity index (χ3v) is 6.93. The molecule has 0 saturated heterocycles. The molecule has 6 rings (SSSR count). The number of pyridine rings is 1. The van der Waals surface area contributed by atoms with Crippen molar-refractivity contribution >= 4 is 17.1 Å². The van der Waals surface area contributed by atoms with Crippen molar-refractivity contribution in [3.05, 3.63) is 114 Å². The van der Waals surface area contributed by atoms with E-state index in [-0.39, 0.29) is 31.1 Å². The van der Waals surface area contributed by atoms with Crippen LogP contribution in [0.4, 0.5) is 0 Å². The minimum absolute atomic E-state index is 0. The van der Waals surface area contributed by atoms with Crippen molar-refractivity contribution in [2.45, 2.75) is 53.5 Å². The molecule has 0 saturated carbocycles. The van der Waals surface area contributed by atoms with Crippen LogP contribution in [0.25, 0.3) is 39.8 Å². The van der Waals surface area contributed by atoms with Crippen LogP contribution < -0.4 is 0 Å². The molecule has 201 valence electrons. The Morgan fingerprint density at radius 2 is 1.46 bits per heavy atom. The van der Waals surface area contributed by atoms with Crippen molar-refractivity contribution in [1.82, 2.24) is 14.5 Å². The number of allylic oxidation sites excluding steroid dienone is 1. The van der Waals surface area contributed by atoms with Crippen molar-refractivity contribution in [2.75, 3.05) is 0 Å². The first-order valence-corrected chi connectivity index (χ1v) is 13.2. The Labute approximate surface area is 246 Å². The number of para-hydroxylation sites is 1. The molecule has 3 aromatic carbocycles. The van der Waals surface area contributed by atoms with E-state index in [9.17, 15) is 0 Å². The van der Waals surface area contributed by atoms with E-state index in [2.05, 4.69) is 92.7 Å². The standard InChI is InChI=1S/C23H25N2.C12H10N.Ir/c1-22(2,3)15-18-14-17-12-9-13-19-20(17)25(23(18,4)5)21(24-19)16-10-7-6-8-11-16;1-10-6-5-9-12(13-10)11-7-3-2-4-8-11;/h6-10,12-14H,15H2,1-5H3;2-7,9H,1H3;/q2*-1;. The van der Waals surface area contributed by atoms with Crippen LogP contribution in [0.15, 0.2) is 90.5 Å². The number of benzene rings is 3. The Balaban J connectivity index is 0.000000213. The van der Waals surface area contributed by atoms with E-state index in [1.807, 2.05) is 61.5 Å². The van der Waals surface area contributed by atoms with E-state index in [1.54, 1.807) is 0 Å². The van der Waals surface area contributed by atoms with Crippen molar-refractivity contribution in [2.24, 2.45) is 5.41 Å². The number of imidazole rings is 1. The predicted molar refractivity (Wildman–Crippen MR) is 159 cm³/mol. The maximum atomic E-state index is 4.98. The van der Waals surface area contributed by atoms with Gasteiger partial charge in [-0.2, -0.15) is 0 Å². The van der Waals surface area contributed by atoms with Crippen LogP contribution in [0.3, 0.4) is 0 Å². The van der Waals surface area contributed by atoms with Crippen LogP contribution in [-0.2, 0) is 25.6 Å². The van der Waals surface area contributed by atoms with E-state index in [1.165, 1.54) is 16.7 Å². The molecule has 0 atom stereocenters. The molecule has 0 unspecified atom stereocenters. The molecule has 1 aliphatic heterocycles. The Morgan fingerprint density at radius 1 is 0.795 bits per heavy atom. The first-order chi connectivity index (χ1) is 18.1. The molecule has 4 heteroatoms. The quantitative estimate of drug-likeness (QED) is 0.177. The smallest absolute Gasteiger partial charge is 0.0777 e. The van der Waals surface area contributed by atoms with Crippen LogP contribution in [0, 0.1) is 24.5 Å². The summed E-state index contributed by atoms with van der Waals surface area (Å²) in [5.74, 6) is 1.01. The van der Waals surface area contributed by atoms with Gasteiger partial charge in [0.2, 0.25) is 0 Å². The van der Waals surface area contributed by atoms with Gasteiger partial charge >= 0.3 is 0 Å². The number of aromatic nitrogens is 3. The Bertz CT molecular complexity index is 1590. The first kappa shape index (κ1) is 28.7. The van der Waals surface area contributed by atoms with Gasteiger partial charge in [0.05, 0.1) is 22.4 Å². The topological polar surface area (TPSA) is 30.7 Å². The fourth-order valence-electron chi connectivity index (χ4n) is 5.12. The SMILES string of the molecule is CC(C)(C)CC1=Cc2cccc3nc(-c4[c-]cccc4)n(c23)C1(C)C.Cc1cccc(-c2[c-]cccc2)n1.[Ir]. The summed E-state index contributed by atoms with van der Waals surface area (Å²) in [7, 11) is 0. The molecule has 39 heavy (non-hydrogen) atoms. The predicted octanol–water partition coefficient (Wildman–Crippen LogP) is 8.93. The largest absolute Gasteiger partial charge is 0.355 e. The second kappa shape index (κ2) is 11.4. The van der Waals surface area contributed by atoms with Crippen LogP contribution >= 0.6 is 0 Å². The minimum Gasteiger partial charge on any atom is -0.355 e. The zero-order valence-corrected chi connectivity index (χ0v) is 25.9. The molecule has 3 nitrogen and oxygen atoms in total. The zero-order chi connectivity index (χ0) is 26.9. The zero-order valence-electron chi connectivity index (χ0n) is 23.5. The van der Waals surface area contributed by atoms with Gasteiger partial charge in [-0.25, -0.2) is 0 Å². The third kappa shape index (κ3) is 6.13. The van der Waals surface area contributed by atoms with Gasteiger partial charge in [0.25, 0.3) is 0 Å². The number of hydrogen-bond acceptors (Lipinski definition) is 2. The molecule has 0 N–H and O–H groups in total. The van der Waals surface area contributed by atoms with E-state index in [4.69, 9.17) is 4.98 Å². The summed E-state index contributed by atoms with van der Waals surface area (Å²) in [5.41, 5.74) is 9.27. The molecule has 2 aromatic heterocycles. The summed E-state index contributed by atoms with van der Waals surface area (Å²) < 4.78 is 2.42. The van der Waals surface area contributed by atoms with Gasteiger partial charge in [-0.05, 0) is 61.6 Å². The van der Waals surface area contributed by atoms with Crippen molar-refractivity contribution < 1.29 is 20.1 Å². The molecule has 0 amide bonds. The number of aryl methyl sites for hydroxylation is 1. The van der Waals surface area contributed by atoms with Gasteiger partial charge in [-0.3, -0.25) is 4.98 Å². The van der Waals surface area contributed by atoms with Crippen LogP contribution in [-0.4, -0.2) is 14.5 Å². The third-order valence-electron chi connectivity index (χ3n) is 6.93. The molecule has 0 fully saturated rings. The summed E-state index contributed by atoms with van der Waals surface area (Å²) in [4.78, 5) is 9.39. The minimum atomic E-state index is -0.116. The summed E-state index contributed by atoms with van der Waals surface area (Å²) >= 11 is 0. The molecule has 0 aliphatic carbocycles. The van der Waals surface area contributed by atoms with Crippen LogP contribution in [0.2, 0.25) is 0 Å². The molecular formula is C35H35IrN3-2. The maximum Gasteiger partial charge on any atom is 0.0777 e. The van der Waals surface area contributed by atoms with Crippen molar-refractivity contribution in [3.8, 4) is 22.6 Å². The second-order valence-electron chi connectivity index (χ2n) is 11.7. The van der Waals surface area contributed by atoms with Crippen molar-refractivity contribution in [3.63, 3.8) is 0 Å². The number of nitrogens with zero attached hydrogens (tertiary/aromatic N) is 3. The van der Waals surface area contributed by atoms with Gasteiger partial charge in [0, 0.05) is 25.8 Å². The Morgan fingerprint density at radius 3 is 2.08 bits per heavy atom. The molecule has 3 heterocycles.